The van der Waals surface area contributed by atoms with Crippen molar-refractivity contribution in [3.63, 3.8) is 0 Å². The molecule has 0 bridgehead atoms. The van der Waals surface area contributed by atoms with E-state index in [1.54, 1.807) is 11.8 Å². The van der Waals surface area contributed by atoms with Gasteiger partial charge in [0.2, 0.25) is 0 Å². The zero-order chi connectivity index (χ0) is 17.8. The van der Waals surface area contributed by atoms with Gasteiger partial charge >= 0.3 is 0 Å². The van der Waals surface area contributed by atoms with E-state index in [1.807, 2.05) is 48.7 Å². The topological polar surface area (TPSA) is 72.9 Å². The fourth-order valence-electron chi connectivity index (χ4n) is 2.67. The van der Waals surface area contributed by atoms with Gasteiger partial charge < -0.3 is 15.6 Å². The van der Waals surface area contributed by atoms with Crippen LogP contribution in [-0.4, -0.2) is 27.5 Å². The third kappa shape index (κ3) is 3.88. The van der Waals surface area contributed by atoms with E-state index >= 15 is 0 Å². The molecule has 25 heavy (non-hydrogen) atoms. The minimum absolute atomic E-state index is 0.403. The number of aromatic nitrogens is 2. The molecule has 5 nitrogen and oxygen atoms in total. The molecule has 2 aromatic heterocycles. The average molecular weight is 373 g/mol. The largest absolute Gasteiger partial charge is 0.366 e. The summed E-state index contributed by atoms with van der Waals surface area (Å²) in [6.45, 7) is 2.74. The number of nitrogens with zero attached hydrogens (tertiary/aromatic N) is 2. The molecule has 0 atom stereocenters. The maximum absolute atomic E-state index is 11.7. The highest BCUT2D eigenvalue weighted by molar-refractivity contribution is 7.98. The molecule has 7 heteroatoms. The van der Waals surface area contributed by atoms with Crippen molar-refractivity contribution in [1.29, 1.82) is 0 Å². The lowest BCUT2D eigenvalue weighted by atomic mass is 10.2. The van der Waals surface area contributed by atoms with Crippen molar-refractivity contribution < 1.29 is 4.79 Å². The van der Waals surface area contributed by atoms with Crippen LogP contribution >= 0.6 is 23.1 Å². The highest BCUT2D eigenvalue weighted by Crippen LogP contribution is 2.30. The van der Waals surface area contributed by atoms with E-state index in [2.05, 4.69) is 21.1 Å². The van der Waals surface area contributed by atoms with Crippen LogP contribution < -0.4 is 11.1 Å². The van der Waals surface area contributed by atoms with Gasteiger partial charge in [0.15, 0.2) is 5.13 Å². The lowest BCUT2D eigenvalue weighted by Crippen LogP contribution is -2.13. The van der Waals surface area contributed by atoms with Crippen molar-refractivity contribution in [1.82, 2.24) is 9.55 Å². The Morgan fingerprint density at radius 2 is 2.12 bits per heavy atom. The van der Waals surface area contributed by atoms with Gasteiger partial charge in [0.1, 0.15) is 0 Å². The lowest BCUT2D eigenvalue weighted by molar-refractivity contribution is 0.0999. The third-order valence-electron chi connectivity index (χ3n) is 3.94. The summed E-state index contributed by atoms with van der Waals surface area (Å²) < 4.78 is 2.12. The number of carbonyl (C=O) groups excluding carboxylic acids is 1. The Kier molecular flexibility index (Phi) is 5.45. The number of rotatable bonds is 7. The van der Waals surface area contributed by atoms with Crippen LogP contribution in [0.3, 0.4) is 0 Å². The van der Waals surface area contributed by atoms with E-state index in [1.165, 1.54) is 11.3 Å². The number of thiazole rings is 1. The first-order chi connectivity index (χ1) is 12.1. The third-order valence-corrected chi connectivity index (χ3v) is 5.29. The summed E-state index contributed by atoms with van der Waals surface area (Å²) in [6, 6.07) is 11.8. The molecule has 0 radical (unpaired) electrons. The summed E-state index contributed by atoms with van der Waals surface area (Å²) in [5.74, 6) is 0.555. The van der Waals surface area contributed by atoms with Crippen molar-refractivity contribution in [2.75, 3.05) is 17.3 Å². The van der Waals surface area contributed by atoms with E-state index in [4.69, 9.17) is 5.73 Å². The maximum atomic E-state index is 11.7. The van der Waals surface area contributed by atoms with E-state index in [0.717, 1.165) is 40.2 Å². The van der Waals surface area contributed by atoms with Crippen molar-refractivity contribution in [2.45, 2.75) is 13.5 Å². The molecule has 0 aliphatic carbocycles. The molecule has 0 aliphatic heterocycles. The van der Waals surface area contributed by atoms with Gasteiger partial charge in [-0.05, 0) is 31.4 Å². The van der Waals surface area contributed by atoms with Gasteiger partial charge in [0.05, 0.1) is 17.0 Å². The number of nitrogens with one attached hydrogen (secondary N) is 1. The van der Waals surface area contributed by atoms with Crippen LogP contribution in [0.25, 0.3) is 11.4 Å². The minimum atomic E-state index is -0.403. The predicted octanol–water partition coefficient (Wildman–Crippen LogP) is 4.13. The molecule has 1 amide bonds. The van der Waals surface area contributed by atoms with E-state index in [-0.39, 0.29) is 0 Å². The van der Waals surface area contributed by atoms with Crippen LogP contribution in [0.2, 0.25) is 0 Å². The standard InChI is InChI=1S/C18H20N4OS2/c1-12-14(17(19)23)10-16(22(12)8-9-24-2)15-11-25-18(21-15)20-13-6-4-3-5-7-13/h3-7,10-11H,8-9H2,1-2H3,(H2,19,23)(H,20,21). The number of hydrogen-bond donors (Lipinski definition) is 2. The molecular weight excluding hydrogens is 352 g/mol. The molecule has 0 saturated carbocycles. The number of carbonyl (C=O) groups is 1. The van der Waals surface area contributed by atoms with Crippen molar-refractivity contribution in [3.05, 3.63) is 53.0 Å². The molecular formula is C18H20N4OS2. The highest BCUT2D eigenvalue weighted by atomic mass is 32.2. The van der Waals surface area contributed by atoms with Crippen LogP contribution in [0.4, 0.5) is 10.8 Å². The maximum Gasteiger partial charge on any atom is 0.250 e. The number of hydrogen-bond acceptors (Lipinski definition) is 5. The van der Waals surface area contributed by atoms with Gasteiger partial charge in [-0.25, -0.2) is 4.98 Å². The summed E-state index contributed by atoms with van der Waals surface area (Å²) in [4.78, 5) is 16.4. The summed E-state index contributed by atoms with van der Waals surface area (Å²) >= 11 is 3.30. The molecule has 0 saturated heterocycles. The Bertz CT molecular complexity index is 871. The van der Waals surface area contributed by atoms with Crippen molar-refractivity contribution in [3.8, 4) is 11.4 Å². The van der Waals surface area contributed by atoms with E-state index in [9.17, 15) is 4.79 Å². The lowest BCUT2D eigenvalue weighted by Gasteiger charge is -2.09. The van der Waals surface area contributed by atoms with Crippen LogP contribution in [-0.2, 0) is 6.54 Å². The van der Waals surface area contributed by atoms with Gasteiger partial charge in [0.25, 0.3) is 5.91 Å². The molecule has 0 fully saturated rings. The molecule has 2 heterocycles. The number of para-hydroxylation sites is 1. The van der Waals surface area contributed by atoms with Gasteiger partial charge in [-0.2, -0.15) is 11.8 Å². The Morgan fingerprint density at radius 1 is 1.36 bits per heavy atom. The van der Waals surface area contributed by atoms with Gasteiger partial charge in [-0.1, -0.05) is 18.2 Å². The molecule has 3 rings (SSSR count). The van der Waals surface area contributed by atoms with Gasteiger partial charge in [0, 0.05) is 29.1 Å². The molecule has 3 aromatic rings. The second-order valence-electron chi connectivity index (χ2n) is 5.57. The number of anilines is 2. The SMILES string of the molecule is CSCCn1c(-c2csc(Nc3ccccc3)n2)cc(C(N)=O)c1C. The summed E-state index contributed by atoms with van der Waals surface area (Å²) in [5, 5.41) is 6.12. The van der Waals surface area contributed by atoms with Crippen LogP contribution in [0, 0.1) is 6.92 Å². The Balaban J connectivity index is 1.93. The Hall–Kier alpha value is -2.25. The normalized spacial score (nSPS) is 10.8. The number of primary amides is 1. The summed E-state index contributed by atoms with van der Waals surface area (Å²) in [7, 11) is 0. The molecule has 130 valence electrons. The van der Waals surface area contributed by atoms with Crippen LogP contribution in [0.1, 0.15) is 16.1 Å². The second kappa shape index (κ2) is 7.76. The van der Waals surface area contributed by atoms with Gasteiger partial charge in [-0.15, -0.1) is 11.3 Å². The zero-order valence-electron chi connectivity index (χ0n) is 14.2. The first-order valence-corrected chi connectivity index (χ1v) is 10.1. The molecule has 0 unspecified atom stereocenters. The predicted molar refractivity (Wildman–Crippen MR) is 107 cm³/mol. The van der Waals surface area contributed by atoms with Crippen molar-refractivity contribution in [2.24, 2.45) is 5.73 Å². The molecule has 1 aromatic carbocycles. The Morgan fingerprint density at radius 3 is 2.80 bits per heavy atom. The van der Waals surface area contributed by atoms with Gasteiger partial charge in [-0.3, -0.25) is 4.79 Å². The van der Waals surface area contributed by atoms with Crippen molar-refractivity contribution >= 4 is 39.8 Å². The fraction of sp³-hybridized carbons (Fsp3) is 0.222. The monoisotopic (exact) mass is 372 g/mol. The number of amides is 1. The number of thioether (sulfide) groups is 1. The molecule has 0 spiro atoms. The van der Waals surface area contributed by atoms with Crippen LogP contribution in [0.15, 0.2) is 41.8 Å². The van der Waals surface area contributed by atoms with E-state index in [0.29, 0.717) is 5.56 Å². The minimum Gasteiger partial charge on any atom is -0.366 e. The summed E-state index contributed by atoms with van der Waals surface area (Å²) in [5.41, 5.74) is 9.74. The quantitative estimate of drug-likeness (QED) is 0.654. The Labute approximate surface area is 155 Å². The first-order valence-electron chi connectivity index (χ1n) is 7.87. The number of benzene rings is 1. The number of nitrogens with two attached hydrogens (primary N) is 1. The highest BCUT2D eigenvalue weighted by Gasteiger charge is 2.18. The molecule has 0 aliphatic rings. The first kappa shape index (κ1) is 17.6. The second-order valence-corrected chi connectivity index (χ2v) is 7.41. The fourth-order valence-corrected chi connectivity index (χ4v) is 3.76. The summed E-state index contributed by atoms with van der Waals surface area (Å²) in [6.07, 6.45) is 2.07. The average Bonchev–Trinajstić information content (AvgIpc) is 3.18. The smallest absolute Gasteiger partial charge is 0.250 e. The zero-order valence-corrected chi connectivity index (χ0v) is 15.8. The van der Waals surface area contributed by atoms with Crippen LogP contribution in [0.5, 0.6) is 0 Å². The van der Waals surface area contributed by atoms with E-state index < -0.39 is 5.91 Å². The molecule has 3 N–H and O–H groups in total.